The first-order valence-electron chi connectivity index (χ1n) is 18.9. The number of para-hydroxylation sites is 1. The van der Waals surface area contributed by atoms with Crippen molar-refractivity contribution < 1.29 is 0 Å². The van der Waals surface area contributed by atoms with Crippen molar-refractivity contribution in [3.05, 3.63) is 167 Å². The van der Waals surface area contributed by atoms with Crippen LogP contribution >= 0.6 is 0 Å². The van der Waals surface area contributed by atoms with Crippen molar-refractivity contribution in [3.8, 4) is 22.6 Å². The standard InChI is InChI=1S/C49H42N6/c1-6-34-20-21-51-48(24-34)55-45-23-31(3)17-19-40(45)42-28-41-39-18-16-30(2)22-44(39)54(46(41)29-47(42)55)38-26-36(35-13-8-7-9-14-35)25-37(27-38)49(50)53-33(5)52-43-15-11-10-12-32(43)4/h7-29H,6H2,1-5H3,(H2,50,52,53). The van der Waals surface area contributed by atoms with E-state index in [4.69, 9.17) is 9.98 Å². The number of benzene rings is 6. The highest BCUT2D eigenvalue weighted by Crippen LogP contribution is 2.40. The first-order chi connectivity index (χ1) is 26.7. The summed E-state index contributed by atoms with van der Waals surface area (Å²) in [6, 6.07) is 47.4. The first-order valence-corrected chi connectivity index (χ1v) is 18.9. The summed E-state index contributed by atoms with van der Waals surface area (Å²) in [5.74, 6) is 1.76. The molecule has 9 aromatic rings. The van der Waals surface area contributed by atoms with Crippen LogP contribution in [0.2, 0.25) is 0 Å². The smallest absolute Gasteiger partial charge is 0.153 e. The molecule has 9 rings (SSSR count). The molecule has 0 unspecified atom stereocenters. The monoisotopic (exact) mass is 714 g/mol. The van der Waals surface area contributed by atoms with Gasteiger partial charge in [-0.05, 0) is 128 Å². The van der Waals surface area contributed by atoms with Crippen LogP contribution in [0.5, 0.6) is 0 Å². The Labute approximate surface area is 320 Å². The zero-order valence-corrected chi connectivity index (χ0v) is 31.8. The second kappa shape index (κ2) is 13.6. The van der Waals surface area contributed by atoms with Crippen LogP contribution in [0.1, 0.15) is 41.7 Å². The minimum atomic E-state index is 0.189. The highest BCUT2D eigenvalue weighted by atomic mass is 15.1. The predicted octanol–water partition coefficient (Wildman–Crippen LogP) is 12.3. The summed E-state index contributed by atoms with van der Waals surface area (Å²) in [5, 5.41) is 17.5. The van der Waals surface area contributed by atoms with Gasteiger partial charge >= 0.3 is 0 Å². The maximum atomic E-state index is 9.32. The number of aryl methyl sites for hydroxylation is 4. The summed E-state index contributed by atoms with van der Waals surface area (Å²) in [6.07, 6.45) is 2.86. The Morgan fingerprint density at radius 2 is 1.29 bits per heavy atom. The maximum absolute atomic E-state index is 9.32. The van der Waals surface area contributed by atoms with Gasteiger partial charge in [-0.15, -0.1) is 0 Å². The molecule has 6 nitrogen and oxygen atoms in total. The third-order valence-corrected chi connectivity index (χ3v) is 10.7. The number of nitrogens with zero attached hydrogens (tertiary/aromatic N) is 4. The van der Waals surface area contributed by atoms with Gasteiger partial charge in [0.1, 0.15) is 11.7 Å². The topological polar surface area (TPSA) is 71.0 Å². The number of aliphatic imine (C=N–C) groups is 1. The summed E-state index contributed by atoms with van der Waals surface area (Å²) in [7, 11) is 0. The van der Waals surface area contributed by atoms with Crippen LogP contribution in [0.4, 0.5) is 5.69 Å². The van der Waals surface area contributed by atoms with E-state index in [9.17, 15) is 5.41 Å². The summed E-state index contributed by atoms with van der Waals surface area (Å²) in [6.45, 7) is 10.5. The molecule has 0 spiro atoms. The third kappa shape index (κ3) is 6.06. The zero-order chi connectivity index (χ0) is 37.8. The Balaban J connectivity index is 1.31. The number of anilines is 1. The van der Waals surface area contributed by atoms with Crippen molar-refractivity contribution in [2.45, 2.75) is 41.0 Å². The van der Waals surface area contributed by atoms with E-state index < -0.39 is 0 Å². The van der Waals surface area contributed by atoms with Gasteiger partial charge in [0.2, 0.25) is 0 Å². The molecule has 3 heterocycles. The molecule has 0 saturated heterocycles. The fourth-order valence-electron chi connectivity index (χ4n) is 7.92. The van der Waals surface area contributed by atoms with Crippen LogP contribution in [0.3, 0.4) is 0 Å². The normalized spacial score (nSPS) is 12.0. The first kappa shape index (κ1) is 34.0. The summed E-state index contributed by atoms with van der Waals surface area (Å²) < 4.78 is 4.69. The number of aromatic nitrogens is 3. The van der Waals surface area contributed by atoms with Crippen molar-refractivity contribution >= 4 is 61.0 Å². The summed E-state index contributed by atoms with van der Waals surface area (Å²) in [5.41, 5.74) is 14.0. The lowest BCUT2D eigenvalue weighted by atomic mass is 10.0. The lowest BCUT2D eigenvalue weighted by molar-refractivity contribution is 1.04. The second-order valence-corrected chi connectivity index (χ2v) is 14.6. The molecular formula is C49H42N6. The molecule has 6 heteroatoms. The predicted molar refractivity (Wildman–Crippen MR) is 232 cm³/mol. The number of fused-ring (bicyclic) bond motifs is 6. The summed E-state index contributed by atoms with van der Waals surface area (Å²) >= 11 is 0. The van der Waals surface area contributed by atoms with Gasteiger partial charge in [-0.3, -0.25) is 9.98 Å². The fourth-order valence-corrected chi connectivity index (χ4v) is 7.92. The quantitative estimate of drug-likeness (QED) is 0.133. The van der Waals surface area contributed by atoms with Crippen LogP contribution in [-0.2, 0) is 6.42 Å². The number of pyridine rings is 1. The lowest BCUT2D eigenvalue weighted by Gasteiger charge is -2.14. The van der Waals surface area contributed by atoms with E-state index in [0.717, 1.165) is 67.9 Å². The largest absolute Gasteiger partial charge is 0.344 e. The molecule has 0 radical (unpaired) electrons. The number of hydrogen-bond donors (Lipinski definition) is 2. The molecular weight excluding hydrogens is 673 g/mol. The van der Waals surface area contributed by atoms with Gasteiger partial charge in [0.15, 0.2) is 5.84 Å². The molecule has 6 aromatic carbocycles. The fraction of sp³-hybridized carbons (Fsp3) is 0.122. The minimum absolute atomic E-state index is 0.189. The SMILES string of the molecule is CCc1ccnc(-n2c3cc(C)ccc3c3cc4c5ccc(C)cc5n(-c5cc(C(=N)N=C(C)Nc6ccccc6C)cc(-c6ccccc6)c5)c4cc32)c1. The van der Waals surface area contributed by atoms with E-state index in [1.807, 2.05) is 37.4 Å². The second-order valence-electron chi connectivity index (χ2n) is 14.6. The average Bonchev–Trinajstić information content (AvgIpc) is 3.68. The number of hydrogen-bond acceptors (Lipinski definition) is 2. The van der Waals surface area contributed by atoms with Crippen LogP contribution in [-0.4, -0.2) is 25.8 Å². The van der Waals surface area contributed by atoms with Gasteiger partial charge in [0.25, 0.3) is 0 Å². The Kier molecular flexibility index (Phi) is 8.39. The van der Waals surface area contributed by atoms with Gasteiger partial charge in [0.05, 0.1) is 22.1 Å². The van der Waals surface area contributed by atoms with Crippen molar-refractivity contribution in [1.82, 2.24) is 14.1 Å². The molecule has 55 heavy (non-hydrogen) atoms. The Morgan fingerprint density at radius 1 is 0.636 bits per heavy atom. The van der Waals surface area contributed by atoms with Crippen molar-refractivity contribution in [2.24, 2.45) is 4.99 Å². The van der Waals surface area contributed by atoms with E-state index in [1.165, 1.54) is 38.2 Å². The molecule has 0 aliphatic carbocycles. The van der Waals surface area contributed by atoms with Crippen molar-refractivity contribution in [3.63, 3.8) is 0 Å². The lowest BCUT2D eigenvalue weighted by Crippen LogP contribution is -2.11. The maximum Gasteiger partial charge on any atom is 0.153 e. The third-order valence-electron chi connectivity index (χ3n) is 10.7. The highest BCUT2D eigenvalue weighted by molar-refractivity contribution is 6.19. The van der Waals surface area contributed by atoms with Gasteiger partial charge in [0, 0.05) is 44.7 Å². The molecule has 0 aliphatic rings. The van der Waals surface area contributed by atoms with Crippen molar-refractivity contribution in [2.75, 3.05) is 5.32 Å². The zero-order valence-electron chi connectivity index (χ0n) is 31.8. The molecule has 0 fully saturated rings. The van der Waals surface area contributed by atoms with E-state index in [-0.39, 0.29) is 5.84 Å². The molecule has 0 aliphatic heterocycles. The number of nitrogens with one attached hydrogen (secondary N) is 2. The molecule has 0 saturated carbocycles. The number of amidine groups is 2. The van der Waals surface area contributed by atoms with Crippen molar-refractivity contribution in [1.29, 1.82) is 5.41 Å². The number of rotatable bonds is 6. The van der Waals surface area contributed by atoms with Crippen LogP contribution in [0, 0.1) is 26.2 Å². The van der Waals surface area contributed by atoms with Gasteiger partial charge < -0.3 is 9.88 Å². The highest BCUT2D eigenvalue weighted by Gasteiger charge is 2.20. The van der Waals surface area contributed by atoms with Crippen LogP contribution in [0.15, 0.2) is 145 Å². The molecule has 3 aromatic heterocycles. The molecule has 0 atom stereocenters. The Morgan fingerprint density at radius 3 is 2.00 bits per heavy atom. The van der Waals surface area contributed by atoms with E-state index in [1.54, 1.807) is 0 Å². The van der Waals surface area contributed by atoms with Gasteiger partial charge in [-0.25, -0.2) is 9.98 Å². The molecule has 0 amide bonds. The average molecular weight is 715 g/mol. The van der Waals surface area contributed by atoms with E-state index >= 15 is 0 Å². The van der Waals surface area contributed by atoms with Crippen LogP contribution < -0.4 is 5.32 Å². The van der Waals surface area contributed by atoms with E-state index in [0.29, 0.717) is 5.84 Å². The van der Waals surface area contributed by atoms with Crippen LogP contribution in [0.25, 0.3) is 66.2 Å². The molecule has 2 N–H and O–H groups in total. The Hall–Kier alpha value is -6.79. The Bertz CT molecular complexity index is 3000. The van der Waals surface area contributed by atoms with E-state index in [2.05, 4.69) is 151 Å². The van der Waals surface area contributed by atoms with Gasteiger partial charge in [-0.1, -0.05) is 79.7 Å². The molecule has 268 valence electrons. The van der Waals surface area contributed by atoms with Gasteiger partial charge in [-0.2, -0.15) is 0 Å². The summed E-state index contributed by atoms with van der Waals surface area (Å²) in [4.78, 5) is 9.70. The molecule has 0 bridgehead atoms. The minimum Gasteiger partial charge on any atom is -0.344 e.